The molecule has 134 valence electrons. The second-order valence-electron chi connectivity index (χ2n) is 7.09. The van der Waals surface area contributed by atoms with Crippen molar-refractivity contribution in [3.8, 4) is 11.3 Å². The van der Waals surface area contributed by atoms with Crippen LogP contribution in [0.2, 0.25) is 0 Å². The molecule has 0 N–H and O–H groups in total. The summed E-state index contributed by atoms with van der Waals surface area (Å²) < 4.78 is 2.15. The largest absolute Gasteiger partial charge is 0.339 e. The number of anilines is 1. The normalized spacial score (nSPS) is 17.1. The molecule has 1 fully saturated rings. The van der Waals surface area contributed by atoms with Gasteiger partial charge in [0.2, 0.25) is 5.95 Å². The number of pyridine rings is 1. The lowest BCUT2D eigenvalue weighted by Crippen LogP contribution is -2.23. The SMILES string of the molecule is Cc1ccc(-c2ccnc(N3CC[C@@H](n4nc(C)cc4C)C3)n2)c(C)n1. The number of aryl methyl sites for hydroxylation is 4. The van der Waals surface area contributed by atoms with E-state index in [0.717, 1.165) is 53.8 Å². The van der Waals surface area contributed by atoms with Crippen LogP contribution in [0.5, 0.6) is 0 Å². The molecule has 6 nitrogen and oxygen atoms in total. The molecule has 1 aliphatic rings. The van der Waals surface area contributed by atoms with E-state index in [1.54, 1.807) is 0 Å². The van der Waals surface area contributed by atoms with Crippen molar-refractivity contribution >= 4 is 5.95 Å². The van der Waals surface area contributed by atoms with Crippen LogP contribution in [0.25, 0.3) is 11.3 Å². The summed E-state index contributed by atoms with van der Waals surface area (Å²) in [5.74, 6) is 0.784. The molecule has 0 aromatic carbocycles. The number of hydrogen-bond acceptors (Lipinski definition) is 5. The zero-order valence-electron chi connectivity index (χ0n) is 15.8. The highest BCUT2D eigenvalue weighted by Crippen LogP contribution is 2.27. The Balaban J connectivity index is 1.58. The first-order valence-corrected chi connectivity index (χ1v) is 9.06. The Hall–Kier alpha value is -2.76. The van der Waals surface area contributed by atoms with Crippen molar-refractivity contribution in [1.82, 2.24) is 24.7 Å². The molecule has 0 bridgehead atoms. The van der Waals surface area contributed by atoms with Crippen molar-refractivity contribution in [3.63, 3.8) is 0 Å². The summed E-state index contributed by atoms with van der Waals surface area (Å²) >= 11 is 0. The first-order chi connectivity index (χ1) is 12.5. The van der Waals surface area contributed by atoms with Crippen molar-refractivity contribution in [2.75, 3.05) is 18.0 Å². The molecule has 0 saturated carbocycles. The smallest absolute Gasteiger partial charge is 0.225 e. The van der Waals surface area contributed by atoms with Gasteiger partial charge in [0, 0.05) is 41.9 Å². The average molecular weight is 348 g/mol. The maximum Gasteiger partial charge on any atom is 0.225 e. The molecule has 26 heavy (non-hydrogen) atoms. The third-order valence-corrected chi connectivity index (χ3v) is 4.98. The molecule has 0 radical (unpaired) electrons. The molecule has 6 heteroatoms. The predicted molar refractivity (Wildman–Crippen MR) is 102 cm³/mol. The Morgan fingerprint density at radius 3 is 2.58 bits per heavy atom. The van der Waals surface area contributed by atoms with Crippen LogP contribution < -0.4 is 4.90 Å². The van der Waals surface area contributed by atoms with Crippen molar-refractivity contribution in [2.24, 2.45) is 0 Å². The molecule has 1 saturated heterocycles. The van der Waals surface area contributed by atoms with E-state index in [9.17, 15) is 0 Å². The van der Waals surface area contributed by atoms with Crippen molar-refractivity contribution in [3.05, 3.63) is 53.2 Å². The number of nitrogens with zero attached hydrogens (tertiary/aromatic N) is 6. The Bertz CT molecular complexity index is 945. The quantitative estimate of drug-likeness (QED) is 0.726. The maximum atomic E-state index is 4.82. The lowest BCUT2D eigenvalue weighted by atomic mass is 10.1. The van der Waals surface area contributed by atoms with Gasteiger partial charge in [-0.1, -0.05) is 0 Å². The van der Waals surface area contributed by atoms with Gasteiger partial charge >= 0.3 is 0 Å². The van der Waals surface area contributed by atoms with Gasteiger partial charge in [0.15, 0.2) is 0 Å². The predicted octanol–water partition coefficient (Wildman–Crippen LogP) is 3.42. The van der Waals surface area contributed by atoms with Crippen LogP contribution in [0, 0.1) is 27.7 Å². The lowest BCUT2D eigenvalue weighted by molar-refractivity contribution is 0.480. The van der Waals surface area contributed by atoms with Gasteiger partial charge in [-0.15, -0.1) is 0 Å². The van der Waals surface area contributed by atoms with Gasteiger partial charge in [-0.3, -0.25) is 9.67 Å². The van der Waals surface area contributed by atoms with Crippen LogP contribution in [-0.2, 0) is 0 Å². The molecule has 4 rings (SSSR count). The van der Waals surface area contributed by atoms with E-state index in [-0.39, 0.29) is 0 Å². The molecule has 1 atom stereocenters. The van der Waals surface area contributed by atoms with Crippen molar-refractivity contribution in [2.45, 2.75) is 40.2 Å². The number of rotatable bonds is 3. The fraction of sp³-hybridized carbons (Fsp3) is 0.400. The van der Waals surface area contributed by atoms with E-state index in [4.69, 9.17) is 4.98 Å². The second kappa shape index (κ2) is 6.52. The molecule has 3 aromatic heterocycles. The van der Waals surface area contributed by atoms with E-state index in [1.165, 1.54) is 5.69 Å². The van der Waals surface area contributed by atoms with Gasteiger partial charge in [-0.05, 0) is 58.4 Å². The number of aromatic nitrogens is 5. The highest BCUT2D eigenvalue weighted by Gasteiger charge is 2.27. The minimum absolute atomic E-state index is 0.374. The van der Waals surface area contributed by atoms with Gasteiger partial charge in [0.05, 0.1) is 17.4 Å². The Kier molecular flexibility index (Phi) is 4.18. The third kappa shape index (κ3) is 3.07. The molecule has 1 aliphatic heterocycles. The molecule has 4 heterocycles. The van der Waals surface area contributed by atoms with Gasteiger partial charge in [0.25, 0.3) is 0 Å². The summed E-state index contributed by atoms with van der Waals surface area (Å²) in [7, 11) is 0. The summed E-state index contributed by atoms with van der Waals surface area (Å²) in [4.78, 5) is 16.1. The van der Waals surface area contributed by atoms with Gasteiger partial charge in [0.1, 0.15) is 0 Å². The molecular formula is C20H24N6. The van der Waals surface area contributed by atoms with Gasteiger partial charge in [-0.2, -0.15) is 5.10 Å². The molecule has 0 aliphatic carbocycles. The van der Waals surface area contributed by atoms with Crippen molar-refractivity contribution < 1.29 is 0 Å². The van der Waals surface area contributed by atoms with Crippen LogP contribution in [0.3, 0.4) is 0 Å². The summed E-state index contributed by atoms with van der Waals surface area (Å²) in [5, 5.41) is 4.65. The first kappa shape index (κ1) is 16.7. The van der Waals surface area contributed by atoms with E-state index in [0.29, 0.717) is 6.04 Å². The molecular weight excluding hydrogens is 324 g/mol. The second-order valence-corrected chi connectivity index (χ2v) is 7.09. The van der Waals surface area contributed by atoms with Crippen molar-refractivity contribution in [1.29, 1.82) is 0 Å². The summed E-state index contributed by atoms with van der Waals surface area (Å²) in [5.41, 5.74) is 6.29. The Morgan fingerprint density at radius 1 is 1.00 bits per heavy atom. The molecule has 3 aromatic rings. The van der Waals surface area contributed by atoms with E-state index in [2.05, 4.69) is 43.7 Å². The fourth-order valence-electron chi connectivity index (χ4n) is 3.75. The summed E-state index contributed by atoms with van der Waals surface area (Å²) in [6.45, 7) is 10.0. The van der Waals surface area contributed by atoms with E-state index >= 15 is 0 Å². The van der Waals surface area contributed by atoms with Crippen LogP contribution in [0.15, 0.2) is 30.5 Å². The standard InChI is InChI=1S/C20H24N6/c1-13-5-6-18(16(4)22-13)19-7-9-21-20(23-19)25-10-8-17(12-25)26-15(3)11-14(2)24-26/h5-7,9,11,17H,8,10,12H2,1-4H3/t17-/m1/s1. The highest BCUT2D eigenvalue weighted by atomic mass is 15.4. The zero-order chi connectivity index (χ0) is 18.3. The third-order valence-electron chi connectivity index (χ3n) is 4.98. The zero-order valence-corrected chi connectivity index (χ0v) is 15.8. The van der Waals surface area contributed by atoms with Crippen LogP contribution in [-0.4, -0.2) is 37.8 Å². The monoisotopic (exact) mass is 348 g/mol. The van der Waals surface area contributed by atoms with Crippen LogP contribution >= 0.6 is 0 Å². The minimum atomic E-state index is 0.374. The molecule has 0 unspecified atom stereocenters. The average Bonchev–Trinajstić information content (AvgIpc) is 3.21. The minimum Gasteiger partial charge on any atom is -0.339 e. The first-order valence-electron chi connectivity index (χ1n) is 9.06. The van der Waals surface area contributed by atoms with E-state index in [1.807, 2.05) is 39.1 Å². The van der Waals surface area contributed by atoms with Gasteiger partial charge < -0.3 is 4.90 Å². The molecule has 0 spiro atoms. The Morgan fingerprint density at radius 2 is 1.85 bits per heavy atom. The topological polar surface area (TPSA) is 59.7 Å². The van der Waals surface area contributed by atoms with Crippen LogP contribution in [0.1, 0.15) is 35.2 Å². The van der Waals surface area contributed by atoms with Crippen LogP contribution in [0.4, 0.5) is 5.95 Å². The molecule has 0 amide bonds. The lowest BCUT2D eigenvalue weighted by Gasteiger charge is -2.18. The maximum absolute atomic E-state index is 4.82. The van der Waals surface area contributed by atoms with E-state index < -0.39 is 0 Å². The Labute approximate surface area is 153 Å². The summed E-state index contributed by atoms with van der Waals surface area (Å²) in [6.07, 6.45) is 2.90. The summed E-state index contributed by atoms with van der Waals surface area (Å²) in [6, 6.07) is 8.58. The highest BCUT2D eigenvalue weighted by molar-refractivity contribution is 5.62. The number of hydrogen-bond donors (Lipinski definition) is 0. The fourth-order valence-corrected chi connectivity index (χ4v) is 3.75. The van der Waals surface area contributed by atoms with Gasteiger partial charge in [-0.25, -0.2) is 9.97 Å².